The van der Waals surface area contributed by atoms with E-state index in [0.717, 1.165) is 48.8 Å². The number of H-pyrrole nitrogens is 2. The number of benzene rings is 1. The average molecular weight is 392 g/mol. The Morgan fingerprint density at radius 1 is 1.00 bits per heavy atom. The quantitative estimate of drug-likeness (QED) is 0.621. The van der Waals surface area contributed by atoms with Crippen molar-refractivity contribution in [1.29, 1.82) is 0 Å². The van der Waals surface area contributed by atoms with E-state index in [1.807, 2.05) is 35.4 Å². The number of carbonyl (C=O) groups is 2. The first-order chi connectivity index (χ1) is 14.1. The summed E-state index contributed by atoms with van der Waals surface area (Å²) < 4.78 is 0. The van der Waals surface area contributed by atoms with Gasteiger partial charge in [0.2, 0.25) is 11.5 Å². The van der Waals surface area contributed by atoms with Gasteiger partial charge in [-0.15, -0.1) is 0 Å². The first-order valence-corrected chi connectivity index (χ1v) is 9.95. The molecule has 29 heavy (non-hydrogen) atoms. The molecule has 1 fully saturated rings. The largest absolute Gasteiger partial charge is 0.361 e. The van der Waals surface area contributed by atoms with Crippen LogP contribution in [-0.4, -0.2) is 45.8 Å². The van der Waals surface area contributed by atoms with Crippen LogP contribution < -0.4 is 10.9 Å². The number of nitrogens with zero attached hydrogens (tertiary/aromatic N) is 1. The maximum absolute atomic E-state index is 13.2. The number of amides is 2. The van der Waals surface area contributed by atoms with Gasteiger partial charge in [-0.1, -0.05) is 18.2 Å². The van der Waals surface area contributed by atoms with Crippen molar-refractivity contribution in [2.24, 2.45) is 0 Å². The lowest BCUT2D eigenvalue weighted by Crippen LogP contribution is -2.51. The third-order valence-corrected chi connectivity index (χ3v) is 5.42. The third kappa shape index (κ3) is 4.23. The molecule has 150 valence electrons. The second-order valence-corrected chi connectivity index (χ2v) is 7.42. The minimum atomic E-state index is -0.674. The highest BCUT2D eigenvalue weighted by Crippen LogP contribution is 2.20. The number of aromatic amines is 2. The van der Waals surface area contributed by atoms with Crippen molar-refractivity contribution >= 4 is 22.7 Å². The number of hydrogen-bond donors (Lipinski definition) is 3. The summed E-state index contributed by atoms with van der Waals surface area (Å²) in [5.41, 5.74) is 2.03. The predicted molar refractivity (Wildman–Crippen MR) is 111 cm³/mol. The normalized spacial score (nSPS) is 15.2. The van der Waals surface area contributed by atoms with Crippen molar-refractivity contribution in [2.45, 2.75) is 31.7 Å². The Morgan fingerprint density at radius 2 is 1.79 bits per heavy atom. The topological polar surface area (TPSA) is 98.1 Å². The fourth-order valence-electron chi connectivity index (χ4n) is 3.85. The van der Waals surface area contributed by atoms with Crippen LogP contribution in [0.3, 0.4) is 0 Å². The maximum atomic E-state index is 13.2. The highest BCUT2D eigenvalue weighted by Gasteiger charge is 2.28. The number of para-hydroxylation sites is 1. The fourth-order valence-corrected chi connectivity index (χ4v) is 3.85. The smallest absolute Gasteiger partial charge is 0.253 e. The number of piperidine rings is 1. The molecule has 3 N–H and O–H groups in total. The van der Waals surface area contributed by atoms with Crippen molar-refractivity contribution in [3.63, 3.8) is 0 Å². The number of aromatic nitrogens is 2. The molecule has 1 aromatic carbocycles. The summed E-state index contributed by atoms with van der Waals surface area (Å²) in [5, 5.41) is 3.93. The molecule has 2 aromatic heterocycles. The lowest BCUT2D eigenvalue weighted by atomic mass is 10.0. The maximum Gasteiger partial charge on any atom is 0.253 e. The Balaban J connectivity index is 1.59. The molecule has 1 atom stereocenters. The minimum absolute atomic E-state index is 0.0623. The second kappa shape index (κ2) is 8.34. The van der Waals surface area contributed by atoms with Crippen LogP contribution >= 0.6 is 0 Å². The van der Waals surface area contributed by atoms with Crippen LogP contribution in [0.2, 0.25) is 0 Å². The van der Waals surface area contributed by atoms with E-state index in [9.17, 15) is 14.4 Å². The van der Waals surface area contributed by atoms with Crippen molar-refractivity contribution in [2.75, 3.05) is 13.1 Å². The zero-order valence-electron chi connectivity index (χ0n) is 16.1. The molecule has 3 aromatic rings. The van der Waals surface area contributed by atoms with Gasteiger partial charge in [0.25, 0.3) is 5.91 Å². The van der Waals surface area contributed by atoms with Gasteiger partial charge in [0.15, 0.2) is 0 Å². The lowest BCUT2D eigenvalue weighted by Gasteiger charge is -2.30. The van der Waals surface area contributed by atoms with Gasteiger partial charge < -0.3 is 20.2 Å². The Hall–Kier alpha value is -3.35. The van der Waals surface area contributed by atoms with Gasteiger partial charge in [-0.25, -0.2) is 0 Å². The predicted octanol–water partition coefficient (Wildman–Crippen LogP) is 2.21. The Kier molecular flexibility index (Phi) is 5.46. The first kappa shape index (κ1) is 19.0. The zero-order chi connectivity index (χ0) is 20.2. The van der Waals surface area contributed by atoms with Gasteiger partial charge >= 0.3 is 0 Å². The molecule has 3 heterocycles. The zero-order valence-corrected chi connectivity index (χ0v) is 16.1. The fraction of sp³-hybridized carbons (Fsp3) is 0.318. The molecule has 1 aliphatic heterocycles. The van der Waals surface area contributed by atoms with Crippen LogP contribution in [0.4, 0.5) is 0 Å². The summed E-state index contributed by atoms with van der Waals surface area (Å²) in [7, 11) is 0. The molecule has 7 nitrogen and oxygen atoms in total. The number of nitrogens with one attached hydrogen (secondary N) is 3. The van der Waals surface area contributed by atoms with Crippen molar-refractivity contribution in [3.05, 3.63) is 70.3 Å². The van der Waals surface area contributed by atoms with E-state index in [0.29, 0.717) is 12.0 Å². The number of fused-ring (bicyclic) bond motifs is 1. The van der Waals surface area contributed by atoms with E-state index < -0.39 is 6.04 Å². The van der Waals surface area contributed by atoms with Crippen LogP contribution in [0.1, 0.15) is 35.2 Å². The first-order valence-electron chi connectivity index (χ1n) is 9.95. The van der Waals surface area contributed by atoms with E-state index >= 15 is 0 Å². The standard InChI is InChI=1S/C22H24N4O3/c27-20-9-8-15(13-24-20)21(28)25-19(22(29)26-10-4-1-5-11-26)12-16-14-23-18-7-3-2-6-17(16)18/h2-3,6-9,13-14,19,23H,1,4-5,10-12H2,(H,24,27)(H,25,28). The number of carbonyl (C=O) groups excluding carboxylic acids is 2. The number of rotatable bonds is 5. The number of likely N-dealkylation sites (tertiary alicyclic amines) is 1. The molecule has 0 aliphatic carbocycles. The summed E-state index contributed by atoms with van der Waals surface area (Å²) >= 11 is 0. The van der Waals surface area contributed by atoms with E-state index in [1.165, 1.54) is 18.3 Å². The molecular formula is C22H24N4O3. The van der Waals surface area contributed by atoms with Crippen molar-refractivity contribution in [1.82, 2.24) is 20.2 Å². The molecule has 0 radical (unpaired) electrons. The molecule has 4 rings (SSSR count). The van der Waals surface area contributed by atoms with E-state index in [-0.39, 0.29) is 17.4 Å². The van der Waals surface area contributed by atoms with Crippen molar-refractivity contribution < 1.29 is 9.59 Å². The van der Waals surface area contributed by atoms with Crippen LogP contribution in [0.15, 0.2) is 53.6 Å². The second-order valence-electron chi connectivity index (χ2n) is 7.42. The third-order valence-electron chi connectivity index (χ3n) is 5.42. The van der Waals surface area contributed by atoms with Crippen LogP contribution in [-0.2, 0) is 11.2 Å². The van der Waals surface area contributed by atoms with Crippen molar-refractivity contribution in [3.8, 4) is 0 Å². The van der Waals surface area contributed by atoms with Gasteiger partial charge in [-0.3, -0.25) is 14.4 Å². The van der Waals surface area contributed by atoms with Gasteiger partial charge in [-0.2, -0.15) is 0 Å². The summed E-state index contributed by atoms with van der Waals surface area (Å²) in [6, 6.07) is 9.99. The molecule has 7 heteroatoms. The number of pyridine rings is 1. The Labute approximate surface area is 168 Å². The summed E-state index contributed by atoms with van der Waals surface area (Å²) in [6.45, 7) is 1.44. The lowest BCUT2D eigenvalue weighted by molar-refractivity contribution is -0.134. The summed E-state index contributed by atoms with van der Waals surface area (Å²) in [4.78, 5) is 44.8. The van der Waals surface area contributed by atoms with E-state index in [2.05, 4.69) is 15.3 Å². The molecule has 0 saturated carbocycles. The van der Waals surface area contributed by atoms with Gasteiger partial charge in [-0.05, 0) is 37.0 Å². The Bertz CT molecular complexity index is 1060. The van der Waals surface area contributed by atoms with E-state index in [1.54, 1.807) is 0 Å². The monoisotopic (exact) mass is 392 g/mol. The average Bonchev–Trinajstić information content (AvgIpc) is 3.17. The SMILES string of the molecule is O=C(NC(Cc1c[nH]c2ccccc12)C(=O)N1CCCCC1)c1ccc(=O)[nH]c1. The number of hydrogen-bond acceptors (Lipinski definition) is 3. The van der Waals surface area contributed by atoms with Gasteiger partial charge in [0.05, 0.1) is 5.56 Å². The van der Waals surface area contributed by atoms with E-state index in [4.69, 9.17) is 0 Å². The highest BCUT2D eigenvalue weighted by molar-refractivity contribution is 5.97. The summed E-state index contributed by atoms with van der Waals surface area (Å²) in [5.74, 6) is -0.441. The molecule has 2 amide bonds. The van der Waals surface area contributed by atoms with Crippen LogP contribution in [0.5, 0.6) is 0 Å². The van der Waals surface area contributed by atoms with Crippen LogP contribution in [0.25, 0.3) is 10.9 Å². The van der Waals surface area contributed by atoms with Crippen LogP contribution in [0, 0.1) is 0 Å². The molecule has 1 aliphatic rings. The van der Waals surface area contributed by atoms with Gasteiger partial charge in [0, 0.05) is 48.9 Å². The minimum Gasteiger partial charge on any atom is -0.361 e. The molecule has 0 spiro atoms. The summed E-state index contributed by atoms with van der Waals surface area (Å²) in [6.07, 6.45) is 6.76. The highest BCUT2D eigenvalue weighted by atomic mass is 16.2. The molecule has 1 unspecified atom stereocenters. The molecule has 1 saturated heterocycles. The molecule has 0 bridgehead atoms. The Morgan fingerprint density at radius 3 is 2.55 bits per heavy atom. The van der Waals surface area contributed by atoms with Gasteiger partial charge in [0.1, 0.15) is 6.04 Å². The molecular weight excluding hydrogens is 368 g/mol.